The average Bonchev–Trinajstić information content (AvgIpc) is 2.56. The van der Waals surface area contributed by atoms with Gasteiger partial charge in [0.1, 0.15) is 5.82 Å². The van der Waals surface area contributed by atoms with Gasteiger partial charge in [-0.25, -0.2) is 15.2 Å². The summed E-state index contributed by atoms with van der Waals surface area (Å²) < 4.78 is 13.0. The van der Waals surface area contributed by atoms with Crippen LogP contribution in [-0.2, 0) is 0 Å². The number of hydrazine groups is 1. The van der Waals surface area contributed by atoms with Gasteiger partial charge in [0.15, 0.2) is 5.82 Å². The van der Waals surface area contributed by atoms with Gasteiger partial charge in [-0.15, -0.1) is 0 Å². The maximum atomic E-state index is 13.0. The average molecular weight is 295 g/mol. The van der Waals surface area contributed by atoms with E-state index in [1.807, 2.05) is 30.3 Å². The Bertz CT molecular complexity index is 759. The summed E-state index contributed by atoms with van der Waals surface area (Å²) in [6, 6.07) is 15.6. The van der Waals surface area contributed by atoms with Gasteiger partial charge in [-0.1, -0.05) is 30.3 Å². The summed E-state index contributed by atoms with van der Waals surface area (Å²) in [6.07, 6.45) is 1.64. The summed E-state index contributed by atoms with van der Waals surface area (Å²) in [5.74, 6) is 6.12. The Kier molecular flexibility index (Phi) is 3.93. The Labute approximate surface area is 127 Å². The number of rotatable bonds is 4. The highest BCUT2D eigenvalue weighted by Gasteiger charge is 2.09. The lowest BCUT2D eigenvalue weighted by Gasteiger charge is -2.10. The van der Waals surface area contributed by atoms with E-state index in [0.29, 0.717) is 17.3 Å². The molecule has 0 fully saturated rings. The third kappa shape index (κ3) is 3.02. The molecule has 0 radical (unpaired) electrons. The molecule has 0 saturated carbocycles. The summed E-state index contributed by atoms with van der Waals surface area (Å²) in [4.78, 5) is 8.60. The Morgan fingerprint density at radius 1 is 0.955 bits per heavy atom. The van der Waals surface area contributed by atoms with Gasteiger partial charge in [-0.3, -0.25) is 0 Å². The van der Waals surface area contributed by atoms with Crippen LogP contribution in [0.4, 0.5) is 21.8 Å². The van der Waals surface area contributed by atoms with Crippen LogP contribution in [-0.4, -0.2) is 9.97 Å². The van der Waals surface area contributed by atoms with E-state index in [0.717, 1.165) is 11.3 Å². The SMILES string of the molecule is NNc1nc(Nc2ccccc2)ncc1-c1ccc(F)cc1. The molecule has 22 heavy (non-hydrogen) atoms. The summed E-state index contributed by atoms with van der Waals surface area (Å²) >= 11 is 0. The number of hydrogen-bond acceptors (Lipinski definition) is 5. The van der Waals surface area contributed by atoms with E-state index in [2.05, 4.69) is 20.7 Å². The van der Waals surface area contributed by atoms with Crippen LogP contribution >= 0.6 is 0 Å². The predicted octanol–water partition coefficient (Wildman–Crippen LogP) is 3.31. The molecule has 0 spiro atoms. The monoisotopic (exact) mass is 295 g/mol. The molecule has 0 aliphatic carbocycles. The van der Waals surface area contributed by atoms with Crippen LogP contribution in [0.2, 0.25) is 0 Å². The minimum atomic E-state index is -0.297. The second-order valence-electron chi connectivity index (χ2n) is 4.60. The van der Waals surface area contributed by atoms with Gasteiger partial charge < -0.3 is 10.7 Å². The molecule has 1 aromatic heterocycles. The molecule has 0 saturated heterocycles. The number of benzene rings is 2. The van der Waals surface area contributed by atoms with Crippen molar-refractivity contribution in [2.75, 3.05) is 10.7 Å². The molecule has 4 N–H and O–H groups in total. The van der Waals surface area contributed by atoms with E-state index in [-0.39, 0.29) is 5.82 Å². The number of aromatic nitrogens is 2. The van der Waals surface area contributed by atoms with E-state index >= 15 is 0 Å². The van der Waals surface area contributed by atoms with E-state index in [1.165, 1.54) is 12.1 Å². The van der Waals surface area contributed by atoms with Gasteiger partial charge in [0.25, 0.3) is 0 Å². The van der Waals surface area contributed by atoms with Gasteiger partial charge >= 0.3 is 0 Å². The summed E-state index contributed by atoms with van der Waals surface area (Å²) in [5, 5.41) is 3.09. The second kappa shape index (κ2) is 6.19. The van der Waals surface area contributed by atoms with Gasteiger partial charge in [-0.2, -0.15) is 4.98 Å². The molecule has 3 rings (SSSR count). The number of nitrogens with zero attached hydrogens (tertiary/aromatic N) is 2. The number of nitrogens with one attached hydrogen (secondary N) is 2. The number of nitrogens with two attached hydrogens (primary N) is 1. The summed E-state index contributed by atoms with van der Waals surface area (Å²) in [5.41, 5.74) is 4.90. The number of nitrogen functional groups attached to an aromatic ring is 1. The smallest absolute Gasteiger partial charge is 0.229 e. The van der Waals surface area contributed by atoms with Gasteiger partial charge in [-0.05, 0) is 29.8 Å². The van der Waals surface area contributed by atoms with Gasteiger partial charge in [0.05, 0.1) is 0 Å². The van der Waals surface area contributed by atoms with Crippen molar-refractivity contribution in [3.63, 3.8) is 0 Å². The minimum absolute atomic E-state index is 0.297. The highest BCUT2D eigenvalue weighted by Crippen LogP contribution is 2.26. The van der Waals surface area contributed by atoms with Crippen molar-refractivity contribution in [1.82, 2.24) is 9.97 Å². The fourth-order valence-corrected chi connectivity index (χ4v) is 2.04. The van der Waals surface area contributed by atoms with E-state index < -0.39 is 0 Å². The zero-order valence-electron chi connectivity index (χ0n) is 11.6. The maximum absolute atomic E-state index is 13.0. The van der Waals surface area contributed by atoms with Crippen LogP contribution in [0.3, 0.4) is 0 Å². The van der Waals surface area contributed by atoms with Crippen molar-refractivity contribution in [3.8, 4) is 11.1 Å². The van der Waals surface area contributed by atoms with E-state index in [1.54, 1.807) is 18.3 Å². The third-order valence-electron chi connectivity index (χ3n) is 3.11. The lowest BCUT2D eigenvalue weighted by molar-refractivity contribution is 0.628. The van der Waals surface area contributed by atoms with Crippen LogP contribution in [0.5, 0.6) is 0 Å². The molecular weight excluding hydrogens is 281 g/mol. The topological polar surface area (TPSA) is 75.9 Å². The van der Waals surface area contributed by atoms with Gasteiger partial charge in [0, 0.05) is 17.4 Å². The van der Waals surface area contributed by atoms with E-state index in [9.17, 15) is 4.39 Å². The summed E-state index contributed by atoms with van der Waals surface area (Å²) in [7, 11) is 0. The third-order valence-corrected chi connectivity index (χ3v) is 3.11. The molecule has 0 amide bonds. The molecule has 5 nitrogen and oxygen atoms in total. The molecule has 0 unspecified atom stereocenters. The molecule has 1 heterocycles. The maximum Gasteiger partial charge on any atom is 0.229 e. The zero-order valence-corrected chi connectivity index (χ0v) is 11.6. The van der Waals surface area contributed by atoms with Crippen molar-refractivity contribution in [1.29, 1.82) is 0 Å². The van der Waals surface area contributed by atoms with Crippen LogP contribution in [0.25, 0.3) is 11.1 Å². The summed E-state index contributed by atoms with van der Waals surface area (Å²) in [6.45, 7) is 0. The number of para-hydroxylation sites is 1. The number of hydrogen-bond donors (Lipinski definition) is 3. The fourth-order valence-electron chi connectivity index (χ4n) is 2.04. The van der Waals surface area contributed by atoms with Crippen molar-refractivity contribution in [3.05, 3.63) is 66.6 Å². The first kappa shape index (κ1) is 14.0. The normalized spacial score (nSPS) is 10.3. The van der Waals surface area contributed by atoms with Crippen LogP contribution in [0.1, 0.15) is 0 Å². The Hall–Kier alpha value is -2.99. The molecular formula is C16H14FN5. The molecule has 110 valence electrons. The standard InChI is InChI=1S/C16H14FN5/c17-12-8-6-11(7-9-12)14-10-19-16(21-15(14)22-18)20-13-4-2-1-3-5-13/h1-10H,18H2,(H2,19,20,21,22). The Morgan fingerprint density at radius 2 is 1.68 bits per heavy atom. The number of anilines is 3. The first-order valence-corrected chi connectivity index (χ1v) is 6.68. The Balaban J connectivity index is 1.92. The molecule has 0 aliphatic heterocycles. The molecule has 3 aromatic rings. The highest BCUT2D eigenvalue weighted by molar-refractivity contribution is 5.75. The lowest BCUT2D eigenvalue weighted by atomic mass is 10.1. The highest BCUT2D eigenvalue weighted by atomic mass is 19.1. The lowest BCUT2D eigenvalue weighted by Crippen LogP contribution is -2.11. The van der Waals surface area contributed by atoms with Crippen molar-refractivity contribution in [2.45, 2.75) is 0 Å². The van der Waals surface area contributed by atoms with Crippen LogP contribution in [0, 0.1) is 5.82 Å². The van der Waals surface area contributed by atoms with Crippen molar-refractivity contribution < 1.29 is 4.39 Å². The minimum Gasteiger partial charge on any atom is -0.324 e. The fraction of sp³-hybridized carbons (Fsp3) is 0. The quantitative estimate of drug-likeness (QED) is 0.508. The molecule has 2 aromatic carbocycles. The first-order chi connectivity index (χ1) is 10.8. The van der Waals surface area contributed by atoms with Crippen molar-refractivity contribution >= 4 is 17.5 Å². The largest absolute Gasteiger partial charge is 0.324 e. The predicted molar refractivity (Wildman–Crippen MR) is 85.0 cm³/mol. The number of halogens is 1. The van der Waals surface area contributed by atoms with Crippen molar-refractivity contribution in [2.24, 2.45) is 5.84 Å². The molecule has 0 atom stereocenters. The second-order valence-corrected chi connectivity index (χ2v) is 4.60. The van der Waals surface area contributed by atoms with E-state index in [4.69, 9.17) is 5.84 Å². The van der Waals surface area contributed by atoms with Gasteiger partial charge in [0.2, 0.25) is 5.95 Å². The first-order valence-electron chi connectivity index (χ1n) is 6.68. The zero-order chi connectivity index (χ0) is 15.4. The molecule has 0 aliphatic rings. The molecule has 0 bridgehead atoms. The molecule has 6 heteroatoms. The van der Waals surface area contributed by atoms with Crippen LogP contribution < -0.4 is 16.6 Å². The van der Waals surface area contributed by atoms with Crippen LogP contribution in [0.15, 0.2) is 60.8 Å². The Morgan fingerprint density at radius 3 is 2.36 bits per heavy atom.